The Bertz CT molecular complexity index is 3740. The maximum Gasteiger partial charge on any atom is 0.329 e. The van der Waals surface area contributed by atoms with Gasteiger partial charge in [-0.2, -0.15) is 0 Å². The lowest BCUT2D eigenvalue weighted by molar-refractivity contribution is -0.378. The van der Waals surface area contributed by atoms with Gasteiger partial charge in [0, 0.05) is 42.4 Å². The van der Waals surface area contributed by atoms with E-state index >= 15 is 0 Å². The third kappa shape index (κ3) is 19.2. The first-order valence-corrected chi connectivity index (χ1v) is 33.4. The Morgan fingerprint density at radius 2 is 1.18 bits per heavy atom. The minimum Gasteiger partial charge on any atom is -0.507 e. The number of Topliss-reactive ketones (excluding diaryl/α,β-unsaturated/α-hetero) is 1. The van der Waals surface area contributed by atoms with Crippen molar-refractivity contribution in [1.82, 2.24) is 31.9 Å². The molecule has 41 heteroatoms. The highest BCUT2D eigenvalue weighted by Gasteiger charge is 2.55. The van der Waals surface area contributed by atoms with Gasteiger partial charge in [0.2, 0.25) is 41.2 Å². The molecular weight excluding hydrogens is 1440 g/mol. The molecule has 21 N–H and O–H groups in total. The topological polar surface area (TPSA) is 639 Å². The van der Waals surface area contributed by atoms with E-state index in [-0.39, 0.29) is 34.4 Å². The van der Waals surface area contributed by atoms with E-state index in [4.69, 9.17) is 52.5 Å². The molecule has 22 atom stereocenters. The van der Waals surface area contributed by atoms with Gasteiger partial charge in [-0.1, -0.05) is 42.5 Å². The van der Waals surface area contributed by atoms with Crippen molar-refractivity contribution in [2.45, 2.75) is 167 Å². The van der Waals surface area contributed by atoms with Crippen LogP contribution in [0.25, 0.3) is 0 Å². The Hall–Kier alpha value is -8.48. The van der Waals surface area contributed by atoms with Crippen LogP contribution in [0, 0.1) is 0 Å². The molecule has 2 aliphatic carbocycles. The number of aliphatic hydroxyl groups is 12. The Labute approximate surface area is 605 Å². The smallest absolute Gasteiger partial charge is 0.329 e. The van der Waals surface area contributed by atoms with Gasteiger partial charge < -0.3 is 156 Å². The summed E-state index contributed by atoms with van der Waals surface area (Å²) < 4.78 is 55.9. The number of aliphatic carboxylic acids is 1. The second-order valence-corrected chi connectivity index (χ2v) is 25.9. The number of nitrogens with one attached hydrogen (secondary N) is 6. The molecule has 3 aromatic carbocycles. The predicted octanol–water partition coefficient (Wildman–Crippen LogP) is -10.1. The quantitative estimate of drug-likeness (QED) is 0.0208. The van der Waals surface area contributed by atoms with E-state index in [1.165, 1.54) is 32.2 Å². The number of aliphatic hydroxyl groups excluding tert-OH is 11. The minimum absolute atomic E-state index is 0.0248. The molecular formula is C66H84N6O35. The number of fused-ring (bicyclic) bond motifs is 3. The van der Waals surface area contributed by atoms with E-state index in [0.29, 0.717) is 5.56 Å². The first-order chi connectivity index (χ1) is 50.8. The summed E-state index contributed by atoms with van der Waals surface area (Å²) in [7, 11) is 1.25. The molecule has 0 bridgehead atoms. The van der Waals surface area contributed by atoms with E-state index in [2.05, 4.69) is 31.9 Å². The van der Waals surface area contributed by atoms with Crippen LogP contribution in [0.3, 0.4) is 0 Å². The van der Waals surface area contributed by atoms with Gasteiger partial charge in [-0.25, -0.2) is 4.79 Å². The number of amides is 6. The molecule has 0 spiro atoms. The minimum atomic E-state index is -2.49. The lowest BCUT2D eigenvalue weighted by Crippen LogP contribution is -2.66. The van der Waals surface area contributed by atoms with Crippen molar-refractivity contribution in [2.75, 3.05) is 72.9 Å². The molecule has 6 amide bonds. The fraction of sp³-hybridized carbons (Fsp3) is 0.576. The van der Waals surface area contributed by atoms with E-state index in [0.717, 1.165) is 0 Å². The third-order valence-corrected chi connectivity index (χ3v) is 18.6. The molecule has 0 saturated carbocycles. The van der Waals surface area contributed by atoms with Crippen LogP contribution in [0.1, 0.15) is 74.4 Å². The molecule has 0 radical (unpaired) electrons. The van der Waals surface area contributed by atoms with Crippen molar-refractivity contribution in [3.8, 4) is 17.2 Å². The number of ketones is 3. The maximum absolute atomic E-state index is 14.1. The second-order valence-electron chi connectivity index (χ2n) is 25.9. The molecule has 9 rings (SSSR count). The number of ether oxygens (including phenoxy) is 10. The SMILES string of the molecule is COc1cccc2c1C(=O)c1c(O)c3c(c(O)c1C2=O)C[C@@](O)(C(=O)CO)C[C@@H]3O[C@H]1C[C@H](NC(=O)CNC(=O)[C@H](Cc2ccccc2)NC(=O)CNC(=O)CNC(=O)CNC(=O)COC[C@H]2O[C@H](O[C@@H]3[C@H](O)[C@@H](O)[C@@H](O)O[C@@H]3COCC(=O)O)[C@H](O)[C@@H](O)[C@H]2O[C@H]2O[C@H](CO)[C@@H](O)[C@H](O)[C@H]2O)[C@H](O)[C@H](C)O1. The van der Waals surface area contributed by atoms with Crippen LogP contribution < -0.4 is 36.6 Å². The number of phenols is 2. The highest BCUT2D eigenvalue weighted by atomic mass is 16.8. The normalized spacial score (nSPS) is 31.3. The number of carbonyl (C=O) groups is 10. The van der Waals surface area contributed by atoms with Gasteiger partial charge in [-0.3, -0.25) is 43.2 Å². The number of carboxylic acid groups (broad SMARTS) is 1. The summed E-state index contributed by atoms with van der Waals surface area (Å²) in [6, 6.07) is 9.73. The molecule has 6 aliphatic rings. The number of carbonyl (C=O) groups excluding carboxylic acids is 9. The molecule has 41 nitrogen and oxygen atoms in total. The molecule has 4 saturated heterocycles. The molecule has 3 aromatic rings. The molecule has 0 aromatic heterocycles. The van der Waals surface area contributed by atoms with E-state index < -0.39 is 301 Å². The zero-order valence-corrected chi connectivity index (χ0v) is 57.0. The fourth-order valence-corrected chi connectivity index (χ4v) is 13.0. The number of phenolic OH excluding ortho intramolecular Hbond substituents is 2. The van der Waals surface area contributed by atoms with Crippen LogP contribution in [0.5, 0.6) is 17.2 Å². The molecule has 588 valence electrons. The van der Waals surface area contributed by atoms with Crippen LogP contribution in [0.2, 0.25) is 0 Å². The fourth-order valence-electron chi connectivity index (χ4n) is 13.0. The first kappa shape index (κ1) is 82.6. The molecule has 4 fully saturated rings. The number of rotatable bonds is 31. The zero-order valence-electron chi connectivity index (χ0n) is 57.0. The van der Waals surface area contributed by atoms with Gasteiger partial charge in [0.1, 0.15) is 128 Å². The monoisotopic (exact) mass is 1520 g/mol. The van der Waals surface area contributed by atoms with Crippen LogP contribution >= 0.6 is 0 Å². The number of carboxylic acids is 1. The van der Waals surface area contributed by atoms with Gasteiger partial charge in [0.25, 0.3) is 0 Å². The lowest BCUT2D eigenvalue weighted by Gasteiger charge is -2.48. The molecule has 107 heavy (non-hydrogen) atoms. The van der Waals surface area contributed by atoms with Crippen molar-refractivity contribution in [3.63, 3.8) is 0 Å². The van der Waals surface area contributed by atoms with E-state index in [9.17, 15) is 119 Å². The Morgan fingerprint density at radius 3 is 1.80 bits per heavy atom. The molecule has 4 heterocycles. The van der Waals surface area contributed by atoms with Crippen LogP contribution in [-0.4, -0.2) is 337 Å². The van der Waals surface area contributed by atoms with Crippen molar-refractivity contribution in [2.24, 2.45) is 0 Å². The number of hydrogen-bond donors (Lipinski definition) is 21. The maximum atomic E-state index is 14.1. The van der Waals surface area contributed by atoms with Crippen molar-refractivity contribution in [1.29, 1.82) is 0 Å². The number of methoxy groups -OCH3 is 1. The Balaban J connectivity index is 0.755. The summed E-state index contributed by atoms with van der Waals surface area (Å²) in [6.07, 6.45) is -36.6. The Kier molecular flexibility index (Phi) is 27.9. The van der Waals surface area contributed by atoms with Gasteiger partial charge in [0.05, 0.1) is 88.0 Å². The van der Waals surface area contributed by atoms with Gasteiger partial charge in [0.15, 0.2) is 36.7 Å². The summed E-state index contributed by atoms with van der Waals surface area (Å²) in [4.78, 5) is 132. The largest absolute Gasteiger partial charge is 0.507 e. The summed E-state index contributed by atoms with van der Waals surface area (Å²) in [5, 5.41) is 175. The van der Waals surface area contributed by atoms with E-state index in [1.54, 1.807) is 30.3 Å². The number of hydrogen-bond acceptors (Lipinski definition) is 34. The summed E-state index contributed by atoms with van der Waals surface area (Å²) in [5.74, 6) is -11.7. The summed E-state index contributed by atoms with van der Waals surface area (Å²) >= 11 is 0. The van der Waals surface area contributed by atoms with Crippen LogP contribution in [0.15, 0.2) is 48.5 Å². The van der Waals surface area contributed by atoms with Crippen LogP contribution in [0.4, 0.5) is 0 Å². The van der Waals surface area contributed by atoms with Crippen molar-refractivity contribution in [3.05, 3.63) is 87.5 Å². The number of benzene rings is 3. The average Bonchev–Trinajstić information content (AvgIpc) is 0.710. The average molecular weight is 1520 g/mol. The standard InChI is InChI=1S/C66H84N6O35/c1-25-48(83)29(12-43(101-25)102-32-14-66(97,36(75)20-74)13-28-45(32)53(88)47-46(50(28)85)49(84)27-9-6-10-31(98-2)44(27)52(47)87)71-40(79)18-70-62(95)30(11-26-7-4-3-5-8-26)72-39(78)17-68-37(76)15-67-38(77)16-69-41(80)23-99-22-35-61(107-64-58(93)54(89)51(86)33(19-73)104-64)56(91)59(94)65(105-35)106-60-34(21-100-24-42(81)82)103-63(96)57(92)55(60)90/h3-10,25,29-30,32-35,43,48,51,54-61,63-65,73-74,83,85-86,88-94,96-97H,11-24H2,1-2H3,(H,67,77)(H,68,76)(H,69,80)(H,70,95)(H,71,79)(H,72,78)(H,81,82)/t25-,29-,30-,32-,33+,34+,35+,43-,48+,51+,54-,55+,56+,57+,58+,59+,60-,61-,63-,64+,65+,66-/m0/s1. The predicted molar refractivity (Wildman–Crippen MR) is 346 cm³/mol. The highest BCUT2D eigenvalue weighted by molar-refractivity contribution is 6.31. The van der Waals surface area contributed by atoms with Crippen molar-refractivity contribution >= 4 is 58.8 Å². The second kappa shape index (κ2) is 36.2. The summed E-state index contributed by atoms with van der Waals surface area (Å²) in [6.45, 7) is -7.08. The molecule has 0 unspecified atom stereocenters. The highest BCUT2D eigenvalue weighted by Crippen LogP contribution is 2.53. The van der Waals surface area contributed by atoms with Gasteiger partial charge in [-0.05, 0) is 18.6 Å². The van der Waals surface area contributed by atoms with Gasteiger partial charge in [-0.15, -0.1) is 0 Å². The van der Waals surface area contributed by atoms with Crippen LogP contribution in [-0.2, 0) is 93.8 Å². The summed E-state index contributed by atoms with van der Waals surface area (Å²) in [5.41, 5.74) is -4.31. The molecule has 4 aliphatic heterocycles. The third-order valence-electron chi connectivity index (χ3n) is 18.6. The van der Waals surface area contributed by atoms with Crippen molar-refractivity contribution < 1.29 is 172 Å². The zero-order chi connectivity index (χ0) is 78.0. The number of aromatic hydroxyl groups is 2. The first-order valence-electron chi connectivity index (χ1n) is 33.4. The Morgan fingerprint density at radius 1 is 0.598 bits per heavy atom. The lowest BCUT2D eigenvalue weighted by atomic mass is 9.72. The van der Waals surface area contributed by atoms with E-state index in [1.807, 2.05) is 0 Å². The van der Waals surface area contributed by atoms with Gasteiger partial charge >= 0.3 is 5.97 Å².